The van der Waals surface area contributed by atoms with E-state index in [0.717, 1.165) is 0 Å². The van der Waals surface area contributed by atoms with Crippen LogP contribution < -0.4 is 9.47 Å². The van der Waals surface area contributed by atoms with E-state index >= 15 is 0 Å². The normalized spacial score (nSPS) is 18.2. The monoisotopic (exact) mass is 334 g/mol. The van der Waals surface area contributed by atoms with Crippen molar-refractivity contribution in [3.8, 4) is 11.5 Å². The van der Waals surface area contributed by atoms with Gasteiger partial charge in [0.05, 0.1) is 19.5 Å². The molecule has 1 fully saturated rings. The molecule has 1 aromatic carbocycles. The number of rotatable bonds is 6. The summed E-state index contributed by atoms with van der Waals surface area (Å²) in [6.45, 7) is 1.30. The van der Waals surface area contributed by atoms with Crippen molar-refractivity contribution in [1.82, 2.24) is 0 Å². The summed E-state index contributed by atoms with van der Waals surface area (Å²) in [5.41, 5.74) is -0.514. The van der Waals surface area contributed by atoms with Crippen LogP contribution in [0.4, 0.5) is 0 Å². The fraction of sp³-hybridized carbons (Fsp3) is 0.571. The summed E-state index contributed by atoms with van der Waals surface area (Å²) in [6, 6.07) is 7.28. The zero-order valence-electron chi connectivity index (χ0n) is 11.9. The highest BCUT2D eigenvalue weighted by molar-refractivity contribution is 8.13. The van der Waals surface area contributed by atoms with Crippen LogP contribution in [0.15, 0.2) is 24.3 Å². The highest BCUT2D eigenvalue weighted by Gasteiger charge is 2.38. The van der Waals surface area contributed by atoms with Crippen LogP contribution >= 0.6 is 10.7 Å². The minimum atomic E-state index is -3.60. The van der Waals surface area contributed by atoms with E-state index in [0.29, 0.717) is 37.6 Å². The summed E-state index contributed by atoms with van der Waals surface area (Å²) in [6.07, 6.45) is 1.21. The van der Waals surface area contributed by atoms with Gasteiger partial charge < -0.3 is 14.2 Å². The predicted molar refractivity (Wildman–Crippen MR) is 80.6 cm³/mol. The molecule has 0 aliphatic carbocycles. The number of hydrogen-bond acceptors (Lipinski definition) is 5. The standard InChI is InChI=1S/C14H19ClO5S/c1-18-12-4-2-3-5-13(12)20-10-14(11-21(15,16)17)6-8-19-9-7-14/h2-5H,6-11H2,1H3. The molecule has 0 saturated carbocycles. The lowest BCUT2D eigenvalue weighted by Crippen LogP contribution is -2.40. The van der Waals surface area contributed by atoms with Gasteiger partial charge in [-0.15, -0.1) is 0 Å². The number of hydrogen-bond donors (Lipinski definition) is 0. The Morgan fingerprint density at radius 2 is 1.86 bits per heavy atom. The SMILES string of the molecule is COc1ccccc1OCC1(CS(=O)(=O)Cl)CCOCC1. The first-order valence-electron chi connectivity index (χ1n) is 6.70. The van der Waals surface area contributed by atoms with Crippen molar-refractivity contribution in [3.05, 3.63) is 24.3 Å². The van der Waals surface area contributed by atoms with Crippen molar-refractivity contribution >= 4 is 19.7 Å². The first kappa shape index (κ1) is 16.4. The molecular weight excluding hydrogens is 316 g/mol. The van der Waals surface area contributed by atoms with Gasteiger partial charge in [-0.05, 0) is 25.0 Å². The minimum Gasteiger partial charge on any atom is -0.493 e. The molecular formula is C14H19ClO5S. The van der Waals surface area contributed by atoms with Crippen LogP contribution in [0.2, 0.25) is 0 Å². The second-order valence-electron chi connectivity index (χ2n) is 5.24. The predicted octanol–water partition coefficient (Wildman–Crippen LogP) is 2.44. The molecule has 0 bridgehead atoms. The van der Waals surface area contributed by atoms with E-state index in [1.165, 1.54) is 0 Å². The smallest absolute Gasteiger partial charge is 0.233 e. The first-order valence-corrected chi connectivity index (χ1v) is 9.18. The van der Waals surface area contributed by atoms with Crippen molar-refractivity contribution in [2.24, 2.45) is 5.41 Å². The van der Waals surface area contributed by atoms with Gasteiger partial charge in [-0.3, -0.25) is 0 Å². The van der Waals surface area contributed by atoms with E-state index in [1.807, 2.05) is 12.1 Å². The highest BCUT2D eigenvalue weighted by Crippen LogP contribution is 2.35. The van der Waals surface area contributed by atoms with Gasteiger partial charge >= 0.3 is 0 Å². The summed E-state index contributed by atoms with van der Waals surface area (Å²) in [4.78, 5) is 0. The Morgan fingerprint density at radius 1 is 1.24 bits per heavy atom. The maximum atomic E-state index is 11.5. The number of ether oxygens (including phenoxy) is 3. The molecule has 21 heavy (non-hydrogen) atoms. The molecule has 118 valence electrons. The molecule has 5 nitrogen and oxygen atoms in total. The van der Waals surface area contributed by atoms with Gasteiger partial charge in [0.25, 0.3) is 0 Å². The number of para-hydroxylation sites is 2. The third-order valence-corrected chi connectivity index (χ3v) is 4.92. The third-order valence-electron chi connectivity index (χ3n) is 3.63. The maximum Gasteiger partial charge on any atom is 0.233 e. The highest BCUT2D eigenvalue weighted by atomic mass is 35.7. The van der Waals surface area contributed by atoms with Crippen LogP contribution in [-0.4, -0.2) is 41.1 Å². The lowest BCUT2D eigenvalue weighted by atomic mass is 9.83. The lowest BCUT2D eigenvalue weighted by molar-refractivity contribution is 0.00187. The Labute approximate surface area is 129 Å². The first-order chi connectivity index (χ1) is 9.94. The average Bonchev–Trinajstić information content (AvgIpc) is 2.45. The second kappa shape index (κ2) is 6.85. The Bertz CT molecular complexity index is 566. The largest absolute Gasteiger partial charge is 0.493 e. The van der Waals surface area contributed by atoms with E-state index in [1.54, 1.807) is 19.2 Å². The van der Waals surface area contributed by atoms with Gasteiger partial charge in [-0.2, -0.15) is 0 Å². The van der Waals surface area contributed by atoms with E-state index in [4.69, 9.17) is 24.9 Å². The van der Waals surface area contributed by atoms with Crippen LogP contribution in [0.25, 0.3) is 0 Å². The molecule has 1 aromatic rings. The molecule has 0 aromatic heterocycles. The average molecular weight is 335 g/mol. The van der Waals surface area contributed by atoms with Gasteiger partial charge in [-0.25, -0.2) is 8.42 Å². The quantitative estimate of drug-likeness (QED) is 0.748. The summed E-state index contributed by atoms with van der Waals surface area (Å²) in [5, 5.41) is 0. The summed E-state index contributed by atoms with van der Waals surface area (Å²) >= 11 is 0. The summed E-state index contributed by atoms with van der Waals surface area (Å²) in [5.74, 6) is 1.10. The molecule has 2 rings (SSSR count). The minimum absolute atomic E-state index is 0.111. The third kappa shape index (κ3) is 4.76. The van der Waals surface area contributed by atoms with Gasteiger partial charge in [0, 0.05) is 29.3 Å². The van der Waals surface area contributed by atoms with Crippen LogP contribution in [0.3, 0.4) is 0 Å². The van der Waals surface area contributed by atoms with Crippen molar-refractivity contribution in [1.29, 1.82) is 0 Å². The molecule has 1 saturated heterocycles. The van der Waals surface area contributed by atoms with Gasteiger partial charge in [0.1, 0.15) is 0 Å². The topological polar surface area (TPSA) is 61.8 Å². The molecule has 0 spiro atoms. The van der Waals surface area contributed by atoms with Gasteiger partial charge in [0.2, 0.25) is 9.05 Å². The molecule has 7 heteroatoms. The Hall–Kier alpha value is -0.980. The molecule has 0 atom stereocenters. The fourth-order valence-electron chi connectivity index (χ4n) is 2.47. The van der Waals surface area contributed by atoms with Crippen LogP contribution in [0.1, 0.15) is 12.8 Å². The second-order valence-corrected chi connectivity index (χ2v) is 8.01. The molecule has 0 unspecified atom stereocenters. The molecule has 1 aliphatic heterocycles. The summed E-state index contributed by atoms with van der Waals surface area (Å²) < 4.78 is 39.3. The Kier molecular flexibility index (Phi) is 5.35. The number of methoxy groups -OCH3 is 1. The molecule has 0 N–H and O–H groups in total. The maximum absolute atomic E-state index is 11.5. The van der Waals surface area contributed by atoms with E-state index in [2.05, 4.69) is 0 Å². The van der Waals surface area contributed by atoms with Crippen molar-refractivity contribution in [2.45, 2.75) is 12.8 Å². The zero-order valence-corrected chi connectivity index (χ0v) is 13.5. The van der Waals surface area contributed by atoms with Crippen LogP contribution in [0.5, 0.6) is 11.5 Å². The molecule has 1 heterocycles. The zero-order chi connectivity index (χ0) is 15.3. The fourth-order valence-corrected chi connectivity index (χ4v) is 4.27. The van der Waals surface area contributed by atoms with Crippen LogP contribution in [0, 0.1) is 5.41 Å². The van der Waals surface area contributed by atoms with E-state index in [-0.39, 0.29) is 12.4 Å². The lowest BCUT2D eigenvalue weighted by Gasteiger charge is -2.35. The van der Waals surface area contributed by atoms with Crippen LogP contribution in [-0.2, 0) is 13.8 Å². The molecule has 1 aliphatic rings. The molecule has 0 radical (unpaired) electrons. The van der Waals surface area contributed by atoms with Crippen molar-refractivity contribution in [3.63, 3.8) is 0 Å². The van der Waals surface area contributed by atoms with Crippen molar-refractivity contribution in [2.75, 3.05) is 32.7 Å². The molecule has 0 amide bonds. The van der Waals surface area contributed by atoms with E-state index < -0.39 is 14.5 Å². The van der Waals surface area contributed by atoms with Crippen molar-refractivity contribution < 1.29 is 22.6 Å². The Balaban J connectivity index is 2.12. The van der Waals surface area contributed by atoms with Gasteiger partial charge in [0.15, 0.2) is 11.5 Å². The number of benzene rings is 1. The summed E-state index contributed by atoms with van der Waals surface area (Å²) in [7, 11) is 3.42. The van der Waals surface area contributed by atoms with Gasteiger partial charge in [-0.1, -0.05) is 12.1 Å². The number of halogens is 1. The van der Waals surface area contributed by atoms with E-state index in [9.17, 15) is 8.42 Å². The Morgan fingerprint density at radius 3 is 2.43 bits per heavy atom.